The first-order valence-electron chi connectivity index (χ1n) is 6.61. The summed E-state index contributed by atoms with van der Waals surface area (Å²) in [6.07, 6.45) is 1.64. The maximum atomic E-state index is 6.32. The maximum Gasteiger partial charge on any atom is 0.153 e. The van der Waals surface area contributed by atoms with Gasteiger partial charge in [-0.05, 0) is 13.8 Å². The second-order valence-corrected chi connectivity index (χ2v) is 8.56. The largest absolute Gasteiger partial charge is 0.379 e. The lowest BCUT2D eigenvalue weighted by molar-refractivity contribution is 1.12. The molecule has 0 aliphatic carbocycles. The predicted octanol–water partition coefficient (Wildman–Crippen LogP) is 4.19. The molecule has 1 atom stereocenters. The zero-order chi connectivity index (χ0) is 16.3. The van der Waals surface area contributed by atoms with Crippen molar-refractivity contribution < 1.29 is 0 Å². The summed E-state index contributed by atoms with van der Waals surface area (Å²) in [7, 11) is -1.13. The van der Waals surface area contributed by atoms with E-state index in [4.69, 9.17) is 28.9 Å². The number of nitrogens with zero attached hydrogens (tertiary/aromatic N) is 4. The van der Waals surface area contributed by atoms with E-state index in [0.29, 0.717) is 15.5 Å². The second kappa shape index (κ2) is 5.31. The first-order valence-corrected chi connectivity index (χ1v) is 9.52. The number of fused-ring (bicyclic) bond motifs is 2. The average molecular weight is 383 g/mol. The molecular formula is C14H10Cl2N5S2. The fourth-order valence-corrected chi connectivity index (χ4v) is 6.04. The van der Waals surface area contributed by atoms with Gasteiger partial charge in [-0.25, -0.2) is 19.9 Å². The molecule has 1 aliphatic rings. The van der Waals surface area contributed by atoms with Crippen LogP contribution >= 0.6 is 45.4 Å². The molecule has 0 bridgehead atoms. The number of aromatic nitrogens is 3. The van der Waals surface area contributed by atoms with E-state index in [2.05, 4.69) is 25.5 Å². The summed E-state index contributed by atoms with van der Waals surface area (Å²) >= 11 is 13.9. The summed E-state index contributed by atoms with van der Waals surface area (Å²) in [5, 5.41) is 2.14. The molecule has 23 heavy (non-hydrogen) atoms. The molecule has 4 heterocycles. The number of thiazole rings is 1. The van der Waals surface area contributed by atoms with Gasteiger partial charge in [0.1, 0.15) is 26.0 Å². The molecule has 1 aliphatic heterocycles. The van der Waals surface area contributed by atoms with Crippen molar-refractivity contribution in [2.45, 2.75) is 23.8 Å². The molecule has 0 saturated carbocycles. The van der Waals surface area contributed by atoms with Gasteiger partial charge in [0.2, 0.25) is 0 Å². The van der Waals surface area contributed by atoms with Crippen LogP contribution in [0.15, 0.2) is 21.1 Å². The summed E-state index contributed by atoms with van der Waals surface area (Å²) < 4.78 is 0.974. The number of amidine groups is 1. The lowest BCUT2D eigenvalue weighted by Gasteiger charge is -2.19. The zero-order valence-corrected chi connectivity index (χ0v) is 15.3. The summed E-state index contributed by atoms with van der Waals surface area (Å²) in [6.45, 7) is 3.84. The Hall–Kier alpha value is -1.41. The van der Waals surface area contributed by atoms with E-state index in [1.165, 1.54) is 11.3 Å². The number of rotatable bonds is 1. The fraction of sp³-hybridized carbons (Fsp3) is 0.143. The van der Waals surface area contributed by atoms with Crippen molar-refractivity contribution in [3.05, 3.63) is 33.1 Å². The number of aryl methyl sites for hydroxylation is 1. The van der Waals surface area contributed by atoms with Crippen molar-refractivity contribution in [3.63, 3.8) is 0 Å². The number of hydrogen-bond donors (Lipinski definition) is 2. The molecule has 9 heteroatoms. The van der Waals surface area contributed by atoms with Crippen molar-refractivity contribution in [2.75, 3.05) is 0 Å². The second-order valence-electron chi connectivity index (χ2n) is 5.05. The van der Waals surface area contributed by atoms with Crippen LogP contribution in [-0.2, 0) is 0 Å². The summed E-state index contributed by atoms with van der Waals surface area (Å²) in [6, 6.07) is 0. The highest BCUT2D eigenvalue weighted by Gasteiger charge is 2.31. The minimum Gasteiger partial charge on any atom is -0.379 e. The Bertz CT molecular complexity index is 998. The Labute approximate surface area is 148 Å². The van der Waals surface area contributed by atoms with Gasteiger partial charge in [0.25, 0.3) is 0 Å². The third-order valence-corrected chi connectivity index (χ3v) is 7.63. The molecule has 0 saturated heterocycles. The Morgan fingerprint density at radius 2 is 2.00 bits per heavy atom. The highest BCUT2D eigenvalue weighted by molar-refractivity contribution is 8.30. The SMILES string of the molecule is Cc1c(Cl)ncc2c1[SH](c1nc(Cl)c(C)c3s[c]nc13)C(N)=N2. The Balaban J connectivity index is 2.04. The van der Waals surface area contributed by atoms with Gasteiger partial charge in [0, 0.05) is 16.0 Å². The lowest BCUT2D eigenvalue weighted by atomic mass is 10.3. The smallest absolute Gasteiger partial charge is 0.153 e. The van der Waals surface area contributed by atoms with Crippen LogP contribution in [0.25, 0.3) is 10.2 Å². The first-order chi connectivity index (χ1) is 11.0. The quantitative estimate of drug-likeness (QED) is 0.488. The van der Waals surface area contributed by atoms with Crippen molar-refractivity contribution >= 4 is 66.5 Å². The Kier molecular flexibility index (Phi) is 3.49. The van der Waals surface area contributed by atoms with E-state index in [1.807, 2.05) is 13.8 Å². The van der Waals surface area contributed by atoms with Crippen LogP contribution < -0.4 is 5.73 Å². The van der Waals surface area contributed by atoms with Crippen molar-refractivity contribution in [3.8, 4) is 0 Å². The van der Waals surface area contributed by atoms with E-state index in [-0.39, 0.29) is 0 Å². The van der Waals surface area contributed by atoms with Crippen LogP contribution in [0.3, 0.4) is 0 Å². The van der Waals surface area contributed by atoms with Gasteiger partial charge in [0.15, 0.2) is 5.51 Å². The molecule has 117 valence electrons. The lowest BCUT2D eigenvalue weighted by Crippen LogP contribution is -2.11. The molecule has 3 aromatic heterocycles. The predicted molar refractivity (Wildman–Crippen MR) is 96.8 cm³/mol. The van der Waals surface area contributed by atoms with Crippen LogP contribution in [0.1, 0.15) is 11.1 Å². The zero-order valence-electron chi connectivity index (χ0n) is 12.1. The van der Waals surface area contributed by atoms with E-state index in [0.717, 1.165) is 37.0 Å². The number of nitrogens with two attached hydrogens (primary N) is 1. The monoisotopic (exact) mass is 382 g/mol. The minimum atomic E-state index is -1.13. The minimum absolute atomic E-state index is 0.445. The Morgan fingerprint density at radius 1 is 1.22 bits per heavy atom. The van der Waals surface area contributed by atoms with E-state index in [1.54, 1.807) is 6.20 Å². The van der Waals surface area contributed by atoms with E-state index < -0.39 is 10.9 Å². The average Bonchev–Trinajstić information content (AvgIpc) is 3.12. The number of aliphatic imine (C=N–C) groups is 1. The molecule has 4 rings (SSSR count). The standard InChI is InChI=1S/C14H10Cl2N5S2/c1-5-9-8(19-4-22-9)13(21-12(5)16)23-10-6(2)11(15)18-3-7(10)20-14(23)17/h3,23H,1-2H3,(H2,17,20). The molecule has 0 aromatic carbocycles. The van der Waals surface area contributed by atoms with Crippen LogP contribution in [0.2, 0.25) is 10.3 Å². The van der Waals surface area contributed by atoms with Gasteiger partial charge < -0.3 is 5.73 Å². The van der Waals surface area contributed by atoms with Crippen LogP contribution in [0.5, 0.6) is 0 Å². The number of thiol groups is 1. The third kappa shape index (κ3) is 2.15. The topological polar surface area (TPSA) is 77.0 Å². The Morgan fingerprint density at radius 3 is 2.78 bits per heavy atom. The molecule has 1 radical (unpaired) electrons. The van der Waals surface area contributed by atoms with Gasteiger partial charge >= 0.3 is 0 Å². The molecule has 2 N–H and O–H groups in total. The number of hydrogen-bond acceptors (Lipinski definition) is 6. The summed E-state index contributed by atoms with van der Waals surface area (Å²) in [5.74, 6) is 0. The molecule has 3 aromatic rings. The van der Waals surface area contributed by atoms with Crippen LogP contribution in [0, 0.1) is 19.4 Å². The first kappa shape index (κ1) is 15.1. The van der Waals surface area contributed by atoms with Gasteiger partial charge in [0.05, 0.1) is 16.6 Å². The fourth-order valence-electron chi connectivity index (χ4n) is 2.53. The maximum absolute atomic E-state index is 6.32. The van der Waals surface area contributed by atoms with Gasteiger partial charge in [-0.15, -0.1) is 22.2 Å². The number of pyridine rings is 2. The summed E-state index contributed by atoms with van der Waals surface area (Å²) in [5.41, 5.74) is 12.4. The number of halogens is 2. The van der Waals surface area contributed by atoms with Crippen LogP contribution in [0.4, 0.5) is 5.69 Å². The molecule has 5 nitrogen and oxygen atoms in total. The molecule has 1 unspecified atom stereocenters. The van der Waals surface area contributed by atoms with E-state index in [9.17, 15) is 0 Å². The van der Waals surface area contributed by atoms with Crippen molar-refractivity contribution in [1.29, 1.82) is 0 Å². The van der Waals surface area contributed by atoms with Gasteiger partial charge in [-0.1, -0.05) is 23.2 Å². The molecule has 0 amide bonds. The van der Waals surface area contributed by atoms with Crippen molar-refractivity contribution in [2.24, 2.45) is 10.7 Å². The normalized spacial score (nSPS) is 18.3. The van der Waals surface area contributed by atoms with Crippen molar-refractivity contribution in [1.82, 2.24) is 15.0 Å². The van der Waals surface area contributed by atoms with E-state index >= 15 is 0 Å². The highest BCUT2D eigenvalue weighted by Crippen LogP contribution is 2.56. The molecule has 0 fully saturated rings. The highest BCUT2D eigenvalue weighted by atomic mass is 35.5. The third-order valence-electron chi connectivity index (χ3n) is 3.69. The molecular weight excluding hydrogens is 373 g/mol. The van der Waals surface area contributed by atoms with Crippen LogP contribution in [-0.4, -0.2) is 20.1 Å². The summed E-state index contributed by atoms with van der Waals surface area (Å²) in [4.78, 5) is 18.5. The van der Waals surface area contributed by atoms with Gasteiger partial charge in [-0.3, -0.25) is 0 Å². The van der Waals surface area contributed by atoms with Gasteiger partial charge in [-0.2, -0.15) is 0 Å². The molecule has 0 spiro atoms.